The number of amides is 1. The first-order valence-corrected chi connectivity index (χ1v) is 9.84. The Kier molecular flexibility index (Phi) is 7.95. The predicted octanol–water partition coefficient (Wildman–Crippen LogP) is 2.82. The first-order valence-electron chi connectivity index (χ1n) is 9.84. The van der Waals surface area contributed by atoms with Gasteiger partial charge in [-0.05, 0) is 37.2 Å². The van der Waals surface area contributed by atoms with Gasteiger partial charge < -0.3 is 15.5 Å². The maximum Gasteiger partial charge on any atom is 0.222 e. The molecule has 0 bridgehead atoms. The highest BCUT2D eigenvalue weighted by Crippen LogP contribution is 2.22. The lowest BCUT2D eigenvalue weighted by Gasteiger charge is -2.23. The summed E-state index contributed by atoms with van der Waals surface area (Å²) in [7, 11) is 0. The second kappa shape index (κ2) is 10.2. The second-order valence-corrected chi connectivity index (χ2v) is 7.79. The van der Waals surface area contributed by atoms with Gasteiger partial charge in [0.15, 0.2) is 5.96 Å². The topological polar surface area (TPSA) is 56.7 Å². The molecule has 0 spiro atoms. The first kappa shape index (κ1) is 20.3. The fourth-order valence-corrected chi connectivity index (χ4v) is 3.26. The maximum absolute atomic E-state index is 11.6. The van der Waals surface area contributed by atoms with E-state index < -0.39 is 0 Å². The molecule has 26 heavy (non-hydrogen) atoms. The molecular weight excluding hydrogens is 324 g/mol. The van der Waals surface area contributed by atoms with E-state index in [0.29, 0.717) is 12.3 Å². The van der Waals surface area contributed by atoms with Crippen molar-refractivity contribution in [3.05, 3.63) is 35.9 Å². The van der Waals surface area contributed by atoms with Crippen molar-refractivity contribution in [2.24, 2.45) is 10.4 Å². The van der Waals surface area contributed by atoms with E-state index in [-0.39, 0.29) is 5.41 Å². The summed E-state index contributed by atoms with van der Waals surface area (Å²) in [6.07, 6.45) is 3.68. The SMILES string of the molecule is CCNC(=NCC(C)(C)Cc1ccccc1)NCCCN1CCCC1=O. The van der Waals surface area contributed by atoms with Gasteiger partial charge in [-0.15, -0.1) is 0 Å². The molecule has 2 N–H and O–H groups in total. The van der Waals surface area contributed by atoms with Gasteiger partial charge in [0.05, 0.1) is 0 Å². The van der Waals surface area contributed by atoms with Gasteiger partial charge in [-0.25, -0.2) is 0 Å². The minimum atomic E-state index is 0.103. The molecule has 1 fully saturated rings. The molecule has 0 aliphatic carbocycles. The van der Waals surface area contributed by atoms with Gasteiger partial charge in [-0.2, -0.15) is 0 Å². The Labute approximate surface area is 158 Å². The molecule has 1 aliphatic rings. The van der Waals surface area contributed by atoms with Crippen LogP contribution in [-0.2, 0) is 11.2 Å². The highest BCUT2D eigenvalue weighted by molar-refractivity contribution is 5.79. The smallest absolute Gasteiger partial charge is 0.222 e. The summed E-state index contributed by atoms with van der Waals surface area (Å²) in [6.45, 7) is 10.8. The van der Waals surface area contributed by atoms with Crippen LogP contribution in [0.4, 0.5) is 0 Å². The summed E-state index contributed by atoms with van der Waals surface area (Å²) in [5, 5.41) is 6.71. The largest absolute Gasteiger partial charge is 0.357 e. The number of rotatable bonds is 9. The number of nitrogens with zero attached hydrogens (tertiary/aromatic N) is 2. The van der Waals surface area contributed by atoms with Crippen LogP contribution in [0.3, 0.4) is 0 Å². The third kappa shape index (κ3) is 7.06. The van der Waals surface area contributed by atoms with Gasteiger partial charge in [0.1, 0.15) is 0 Å². The standard InChI is InChI=1S/C21H34N4O/c1-4-22-20(23-13-9-15-25-14-8-12-19(25)26)24-17-21(2,3)16-18-10-6-5-7-11-18/h5-7,10-11H,4,8-9,12-17H2,1-3H3,(H2,22,23,24). The number of carbonyl (C=O) groups excluding carboxylic acids is 1. The van der Waals surface area contributed by atoms with Crippen molar-refractivity contribution in [1.29, 1.82) is 0 Å². The van der Waals surface area contributed by atoms with Crippen LogP contribution in [0.25, 0.3) is 0 Å². The number of hydrogen-bond acceptors (Lipinski definition) is 2. The quantitative estimate of drug-likeness (QED) is 0.405. The van der Waals surface area contributed by atoms with E-state index in [0.717, 1.165) is 57.9 Å². The molecule has 5 heteroatoms. The molecule has 0 aromatic heterocycles. The van der Waals surface area contributed by atoms with Crippen LogP contribution >= 0.6 is 0 Å². The Morgan fingerprint density at radius 2 is 2.00 bits per heavy atom. The molecular formula is C21H34N4O. The van der Waals surface area contributed by atoms with E-state index in [9.17, 15) is 4.79 Å². The van der Waals surface area contributed by atoms with Crippen molar-refractivity contribution >= 4 is 11.9 Å². The lowest BCUT2D eigenvalue weighted by atomic mass is 9.86. The zero-order valence-electron chi connectivity index (χ0n) is 16.6. The van der Waals surface area contributed by atoms with Crippen LogP contribution in [0.2, 0.25) is 0 Å². The third-order valence-corrected chi connectivity index (χ3v) is 4.60. The van der Waals surface area contributed by atoms with Gasteiger partial charge in [0.25, 0.3) is 0 Å². The van der Waals surface area contributed by atoms with Crippen LogP contribution in [0, 0.1) is 5.41 Å². The van der Waals surface area contributed by atoms with E-state index in [1.165, 1.54) is 5.56 Å². The monoisotopic (exact) mass is 358 g/mol. The van der Waals surface area contributed by atoms with Crippen LogP contribution in [0.1, 0.15) is 45.6 Å². The summed E-state index contributed by atoms with van der Waals surface area (Å²) < 4.78 is 0. The average Bonchev–Trinajstić information content (AvgIpc) is 3.02. The Balaban J connectivity index is 1.78. The van der Waals surface area contributed by atoms with Gasteiger partial charge >= 0.3 is 0 Å². The average molecular weight is 359 g/mol. The summed E-state index contributed by atoms with van der Waals surface area (Å²) in [5.41, 5.74) is 1.45. The summed E-state index contributed by atoms with van der Waals surface area (Å²) in [5.74, 6) is 1.16. The van der Waals surface area contributed by atoms with Crippen molar-refractivity contribution in [3.63, 3.8) is 0 Å². The zero-order chi connectivity index (χ0) is 18.8. The second-order valence-electron chi connectivity index (χ2n) is 7.79. The van der Waals surface area contributed by atoms with Gasteiger partial charge in [-0.3, -0.25) is 9.79 Å². The number of carbonyl (C=O) groups is 1. The molecule has 144 valence electrons. The Morgan fingerprint density at radius 3 is 2.65 bits per heavy atom. The zero-order valence-corrected chi connectivity index (χ0v) is 16.6. The van der Waals surface area contributed by atoms with Crippen LogP contribution < -0.4 is 10.6 Å². The lowest BCUT2D eigenvalue weighted by Crippen LogP contribution is -2.39. The number of benzene rings is 1. The Morgan fingerprint density at radius 1 is 1.23 bits per heavy atom. The number of nitrogens with one attached hydrogen (secondary N) is 2. The fraction of sp³-hybridized carbons (Fsp3) is 0.619. The highest BCUT2D eigenvalue weighted by atomic mass is 16.2. The Hall–Kier alpha value is -2.04. The number of aliphatic imine (C=N–C) groups is 1. The lowest BCUT2D eigenvalue weighted by molar-refractivity contribution is -0.127. The first-order chi connectivity index (χ1) is 12.5. The normalized spacial score (nSPS) is 15.4. The molecule has 1 heterocycles. The summed E-state index contributed by atoms with van der Waals surface area (Å²) >= 11 is 0. The minimum absolute atomic E-state index is 0.103. The molecule has 1 saturated heterocycles. The number of likely N-dealkylation sites (tertiary alicyclic amines) is 1. The van der Waals surface area contributed by atoms with Crippen molar-refractivity contribution in [2.75, 3.05) is 32.7 Å². The third-order valence-electron chi connectivity index (χ3n) is 4.60. The molecule has 0 saturated carbocycles. The van der Waals surface area contributed by atoms with Crippen LogP contribution in [0.5, 0.6) is 0 Å². The molecule has 0 radical (unpaired) electrons. The van der Waals surface area contributed by atoms with Crippen LogP contribution in [-0.4, -0.2) is 49.5 Å². The molecule has 0 unspecified atom stereocenters. The predicted molar refractivity (Wildman–Crippen MR) is 108 cm³/mol. The van der Waals surface area contributed by atoms with Gasteiger partial charge in [-0.1, -0.05) is 44.2 Å². The Bertz CT molecular complexity index is 583. The molecule has 1 aromatic carbocycles. The van der Waals surface area contributed by atoms with Crippen molar-refractivity contribution < 1.29 is 4.79 Å². The maximum atomic E-state index is 11.6. The van der Waals surface area contributed by atoms with Crippen molar-refractivity contribution in [3.8, 4) is 0 Å². The number of guanidine groups is 1. The molecule has 1 aromatic rings. The van der Waals surface area contributed by atoms with Crippen LogP contribution in [0.15, 0.2) is 35.3 Å². The van der Waals surface area contributed by atoms with Crippen molar-refractivity contribution in [1.82, 2.24) is 15.5 Å². The minimum Gasteiger partial charge on any atom is -0.357 e. The fourth-order valence-electron chi connectivity index (χ4n) is 3.26. The molecule has 5 nitrogen and oxygen atoms in total. The van der Waals surface area contributed by atoms with E-state index in [1.807, 2.05) is 4.90 Å². The van der Waals surface area contributed by atoms with E-state index >= 15 is 0 Å². The van der Waals surface area contributed by atoms with E-state index in [4.69, 9.17) is 4.99 Å². The molecule has 2 rings (SSSR count). The van der Waals surface area contributed by atoms with Crippen molar-refractivity contribution in [2.45, 2.75) is 46.5 Å². The molecule has 1 amide bonds. The van der Waals surface area contributed by atoms with Gasteiger partial charge in [0.2, 0.25) is 5.91 Å². The highest BCUT2D eigenvalue weighted by Gasteiger charge is 2.20. The van der Waals surface area contributed by atoms with Gasteiger partial charge in [0, 0.05) is 39.1 Å². The molecule has 1 aliphatic heterocycles. The number of hydrogen-bond donors (Lipinski definition) is 2. The van der Waals surface area contributed by atoms with E-state index in [1.54, 1.807) is 0 Å². The summed E-state index contributed by atoms with van der Waals surface area (Å²) in [4.78, 5) is 18.4. The molecule has 0 atom stereocenters. The van der Waals surface area contributed by atoms with E-state index in [2.05, 4.69) is 61.7 Å². The summed E-state index contributed by atoms with van der Waals surface area (Å²) in [6, 6.07) is 10.6.